The maximum absolute atomic E-state index is 9.81. The summed E-state index contributed by atoms with van der Waals surface area (Å²) in [5.41, 5.74) is 9.11. The van der Waals surface area contributed by atoms with Crippen LogP contribution in [-0.2, 0) is 6.42 Å². The van der Waals surface area contributed by atoms with Crippen molar-refractivity contribution in [1.29, 1.82) is 0 Å². The van der Waals surface area contributed by atoms with Crippen LogP contribution in [0.3, 0.4) is 0 Å². The van der Waals surface area contributed by atoms with Crippen molar-refractivity contribution in [2.75, 3.05) is 0 Å². The van der Waals surface area contributed by atoms with Crippen LogP contribution in [0.5, 0.6) is 5.75 Å². The molecule has 2 heteroatoms. The van der Waals surface area contributed by atoms with E-state index in [0.717, 1.165) is 36.0 Å². The molecule has 0 unspecified atom stereocenters. The number of phenols is 1. The third-order valence-corrected chi connectivity index (χ3v) is 2.86. The summed E-state index contributed by atoms with van der Waals surface area (Å²) in [5.74, 6) is 0.452. The van der Waals surface area contributed by atoms with Gasteiger partial charge in [-0.1, -0.05) is 12.1 Å². The van der Waals surface area contributed by atoms with E-state index in [9.17, 15) is 5.11 Å². The van der Waals surface area contributed by atoms with Crippen LogP contribution in [0.1, 0.15) is 35.6 Å². The summed E-state index contributed by atoms with van der Waals surface area (Å²) >= 11 is 0. The second-order valence-corrected chi connectivity index (χ2v) is 3.80. The number of phenolic OH excluding ortho intramolecular Hbond substituents is 1. The summed E-state index contributed by atoms with van der Waals surface area (Å²) < 4.78 is 0. The van der Waals surface area contributed by atoms with E-state index < -0.39 is 0 Å². The van der Waals surface area contributed by atoms with Crippen molar-refractivity contribution in [3.63, 3.8) is 0 Å². The fourth-order valence-electron chi connectivity index (χ4n) is 2.03. The van der Waals surface area contributed by atoms with Crippen molar-refractivity contribution in [2.45, 2.75) is 32.2 Å². The average Bonchev–Trinajstić information content (AvgIpc) is 2.12. The monoisotopic (exact) mass is 177 g/mol. The van der Waals surface area contributed by atoms with Crippen molar-refractivity contribution in [3.05, 3.63) is 28.8 Å². The Balaban J connectivity index is 2.56. The van der Waals surface area contributed by atoms with E-state index in [1.54, 1.807) is 0 Å². The summed E-state index contributed by atoms with van der Waals surface area (Å²) in [4.78, 5) is 0. The quantitative estimate of drug-likeness (QED) is 0.637. The van der Waals surface area contributed by atoms with Gasteiger partial charge < -0.3 is 10.8 Å². The predicted octanol–water partition coefficient (Wildman–Crippen LogP) is 2.04. The first-order valence-electron chi connectivity index (χ1n) is 4.77. The van der Waals surface area contributed by atoms with E-state index >= 15 is 0 Å². The van der Waals surface area contributed by atoms with Gasteiger partial charge in [-0.3, -0.25) is 0 Å². The van der Waals surface area contributed by atoms with Gasteiger partial charge in [0.1, 0.15) is 5.75 Å². The molecule has 0 radical (unpaired) electrons. The molecule has 13 heavy (non-hydrogen) atoms. The molecule has 2 nitrogen and oxygen atoms in total. The van der Waals surface area contributed by atoms with Gasteiger partial charge in [0.2, 0.25) is 0 Å². The lowest BCUT2D eigenvalue weighted by atomic mass is 9.86. The number of nitrogens with two attached hydrogens (primary N) is 1. The lowest BCUT2D eigenvalue weighted by molar-refractivity contribution is 0.451. The molecule has 0 aliphatic heterocycles. The Morgan fingerprint density at radius 1 is 1.46 bits per heavy atom. The second-order valence-electron chi connectivity index (χ2n) is 3.80. The van der Waals surface area contributed by atoms with Gasteiger partial charge in [0.15, 0.2) is 0 Å². The summed E-state index contributed by atoms with van der Waals surface area (Å²) in [6.07, 6.45) is 3.09. The molecule has 1 aromatic carbocycles. The van der Waals surface area contributed by atoms with E-state index in [2.05, 4.69) is 0 Å². The van der Waals surface area contributed by atoms with Crippen molar-refractivity contribution < 1.29 is 5.11 Å². The van der Waals surface area contributed by atoms with Crippen molar-refractivity contribution in [1.82, 2.24) is 0 Å². The fraction of sp³-hybridized carbons (Fsp3) is 0.455. The van der Waals surface area contributed by atoms with Crippen molar-refractivity contribution in [2.24, 2.45) is 5.73 Å². The first kappa shape index (κ1) is 8.57. The average molecular weight is 177 g/mol. The molecular weight excluding hydrogens is 162 g/mol. The van der Waals surface area contributed by atoms with Gasteiger partial charge in [-0.2, -0.15) is 0 Å². The third kappa shape index (κ3) is 1.31. The summed E-state index contributed by atoms with van der Waals surface area (Å²) in [6.45, 7) is 1.93. The minimum absolute atomic E-state index is 0.121. The molecule has 0 saturated heterocycles. The molecule has 3 N–H and O–H groups in total. The van der Waals surface area contributed by atoms with Crippen LogP contribution in [0, 0.1) is 6.92 Å². The molecule has 70 valence electrons. The summed E-state index contributed by atoms with van der Waals surface area (Å²) in [7, 11) is 0. The zero-order chi connectivity index (χ0) is 9.42. The number of aryl methyl sites for hydroxylation is 1. The Kier molecular flexibility index (Phi) is 2.00. The molecule has 0 heterocycles. The number of hydrogen-bond acceptors (Lipinski definition) is 2. The van der Waals surface area contributed by atoms with Gasteiger partial charge >= 0.3 is 0 Å². The van der Waals surface area contributed by atoms with Crippen molar-refractivity contribution in [3.8, 4) is 5.75 Å². The Labute approximate surface area is 78.4 Å². The highest BCUT2D eigenvalue weighted by Crippen LogP contribution is 2.35. The first-order valence-corrected chi connectivity index (χ1v) is 4.77. The number of benzene rings is 1. The van der Waals surface area contributed by atoms with Crippen LogP contribution in [0.4, 0.5) is 0 Å². The molecular formula is C11H15NO. The smallest absolute Gasteiger partial charge is 0.122 e. The van der Waals surface area contributed by atoms with Gasteiger partial charge in [0.25, 0.3) is 0 Å². The topological polar surface area (TPSA) is 46.2 Å². The number of fused-ring (bicyclic) bond motifs is 1. The normalized spacial score (nSPS) is 21.2. The highest BCUT2D eigenvalue weighted by Gasteiger charge is 2.19. The number of hydrogen-bond donors (Lipinski definition) is 2. The Morgan fingerprint density at radius 2 is 2.23 bits per heavy atom. The first-order chi connectivity index (χ1) is 6.20. The molecule has 1 aliphatic carbocycles. The maximum Gasteiger partial charge on any atom is 0.122 e. The van der Waals surface area contributed by atoms with Crippen molar-refractivity contribution >= 4 is 0 Å². The molecule has 0 aromatic heterocycles. The molecule has 2 rings (SSSR count). The van der Waals surface area contributed by atoms with E-state index in [4.69, 9.17) is 5.73 Å². The van der Waals surface area contributed by atoms with Crippen LogP contribution < -0.4 is 5.73 Å². The molecule has 0 spiro atoms. The molecule has 1 aromatic rings. The largest absolute Gasteiger partial charge is 0.507 e. The predicted molar refractivity (Wildman–Crippen MR) is 52.7 cm³/mol. The minimum Gasteiger partial charge on any atom is -0.507 e. The molecule has 0 saturated carbocycles. The highest BCUT2D eigenvalue weighted by atomic mass is 16.3. The standard InChI is InChI=1S/C11H15NO/c1-7-5-6-8-9(11(7)13)3-2-4-10(8)12/h5-6,10,13H,2-4,12H2,1H3/t10-/m1/s1. The fourth-order valence-corrected chi connectivity index (χ4v) is 2.03. The lowest BCUT2D eigenvalue weighted by Crippen LogP contribution is -2.17. The molecule has 0 bridgehead atoms. The Morgan fingerprint density at radius 3 is 3.00 bits per heavy atom. The van der Waals surface area contributed by atoms with E-state index in [1.807, 2.05) is 19.1 Å². The van der Waals surface area contributed by atoms with Crippen LogP contribution >= 0.6 is 0 Å². The van der Waals surface area contributed by atoms with Crippen LogP contribution in [0.15, 0.2) is 12.1 Å². The summed E-state index contributed by atoms with van der Waals surface area (Å²) in [5, 5.41) is 9.81. The van der Waals surface area contributed by atoms with E-state index in [-0.39, 0.29) is 6.04 Å². The minimum atomic E-state index is 0.121. The van der Waals surface area contributed by atoms with E-state index in [0.29, 0.717) is 5.75 Å². The second kappa shape index (κ2) is 3.04. The van der Waals surface area contributed by atoms with Crippen LogP contribution in [0.25, 0.3) is 0 Å². The number of rotatable bonds is 0. The molecule has 1 atom stereocenters. The molecule has 1 aliphatic rings. The zero-order valence-corrected chi connectivity index (χ0v) is 7.88. The third-order valence-electron chi connectivity index (χ3n) is 2.86. The Hall–Kier alpha value is -1.02. The van der Waals surface area contributed by atoms with Gasteiger partial charge in [-0.05, 0) is 42.9 Å². The maximum atomic E-state index is 9.81. The van der Waals surface area contributed by atoms with Gasteiger partial charge in [0, 0.05) is 6.04 Å². The zero-order valence-electron chi connectivity index (χ0n) is 7.88. The SMILES string of the molecule is Cc1ccc2c(c1O)CCC[C@H]2N. The van der Waals surface area contributed by atoms with Gasteiger partial charge in [0.05, 0.1) is 0 Å². The Bertz CT molecular complexity index is 333. The molecule has 0 amide bonds. The highest BCUT2D eigenvalue weighted by molar-refractivity contribution is 5.47. The van der Waals surface area contributed by atoms with Crippen LogP contribution in [-0.4, -0.2) is 5.11 Å². The number of aromatic hydroxyl groups is 1. The van der Waals surface area contributed by atoms with Gasteiger partial charge in [-0.15, -0.1) is 0 Å². The van der Waals surface area contributed by atoms with Gasteiger partial charge in [-0.25, -0.2) is 0 Å². The lowest BCUT2D eigenvalue weighted by Gasteiger charge is -2.23. The van der Waals surface area contributed by atoms with E-state index in [1.165, 1.54) is 0 Å². The van der Waals surface area contributed by atoms with Crippen LogP contribution in [0.2, 0.25) is 0 Å². The molecule has 0 fully saturated rings. The summed E-state index contributed by atoms with van der Waals surface area (Å²) in [6, 6.07) is 4.11.